The van der Waals surface area contributed by atoms with Gasteiger partial charge in [-0.25, -0.2) is 9.78 Å². The Labute approximate surface area is 204 Å². The van der Waals surface area contributed by atoms with Crippen molar-refractivity contribution in [2.24, 2.45) is 5.41 Å². The molecule has 8 nitrogen and oxygen atoms in total. The first-order valence-corrected chi connectivity index (χ1v) is 12.9. The Hall–Kier alpha value is -2.49. The Morgan fingerprint density at radius 3 is 2.74 bits per heavy atom. The summed E-state index contributed by atoms with van der Waals surface area (Å²) in [7, 11) is 0. The first-order valence-electron chi connectivity index (χ1n) is 12.0. The van der Waals surface area contributed by atoms with E-state index in [1.54, 1.807) is 11.3 Å². The molecule has 184 valence electrons. The fourth-order valence-corrected chi connectivity index (χ4v) is 4.70. The monoisotopic (exact) mass is 487 g/mol. The number of ether oxygens (including phenoxy) is 2. The molecule has 2 heterocycles. The van der Waals surface area contributed by atoms with Crippen LogP contribution in [0.3, 0.4) is 0 Å². The number of hydrogen-bond acceptors (Lipinski definition) is 8. The van der Waals surface area contributed by atoms with Crippen molar-refractivity contribution in [1.82, 2.24) is 15.4 Å². The van der Waals surface area contributed by atoms with E-state index < -0.39 is 18.4 Å². The van der Waals surface area contributed by atoms with E-state index in [0.717, 1.165) is 37.7 Å². The summed E-state index contributed by atoms with van der Waals surface area (Å²) in [6.45, 7) is 4.78. The van der Waals surface area contributed by atoms with E-state index >= 15 is 0 Å². The molecule has 1 aromatic heterocycles. The maximum absolute atomic E-state index is 13.1. The van der Waals surface area contributed by atoms with Gasteiger partial charge in [0.25, 0.3) is 5.19 Å². The second-order valence-electron chi connectivity index (χ2n) is 9.16. The number of unbranched alkanes of at least 4 members (excludes halogenated alkanes) is 1. The molecular formula is C25H33N3O5S. The van der Waals surface area contributed by atoms with Crippen LogP contribution >= 0.6 is 11.3 Å². The van der Waals surface area contributed by atoms with Crippen LogP contribution in [0.2, 0.25) is 0 Å². The highest BCUT2D eigenvalue weighted by Crippen LogP contribution is 2.42. The number of benzene rings is 1. The predicted octanol–water partition coefficient (Wildman–Crippen LogP) is 4.88. The van der Waals surface area contributed by atoms with Crippen molar-refractivity contribution in [3.63, 3.8) is 0 Å². The van der Waals surface area contributed by atoms with Crippen LogP contribution in [0, 0.1) is 5.41 Å². The van der Waals surface area contributed by atoms with Gasteiger partial charge in [-0.05, 0) is 31.7 Å². The number of carbonyl (C=O) groups is 2. The molecule has 1 saturated carbocycles. The van der Waals surface area contributed by atoms with Crippen LogP contribution in [0.25, 0.3) is 0 Å². The molecule has 2 aliphatic rings. The Morgan fingerprint density at radius 2 is 2.09 bits per heavy atom. The third-order valence-corrected chi connectivity index (χ3v) is 7.31. The van der Waals surface area contributed by atoms with E-state index in [9.17, 15) is 9.59 Å². The number of carbonyl (C=O) groups excluding carboxylic acids is 2. The molecular weight excluding hydrogens is 454 g/mol. The lowest BCUT2D eigenvalue weighted by atomic mass is 9.70. The Morgan fingerprint density at radius 1 is 1.29 bits per heavy atom. The van der Waals surface area contributed by atoms with E-state index in [1.165, 1.54) is 11.3 Å². The minimum atomic E-state index is -0.651. The topological polar surface area (TPSA) is 93.1 Å². The van der Waals surface area contributed by atoms with Crippen LogP contribution in [0.4, 0.5) is 4.79 Å². The Kier molecular flexibility index (Phi) is 8.18. The van der Waals surface area contributed by atoms with E-state index in [-0.39, 0.29) is 23.8 Å². The van der Waals surface area contributed by atoms with Crippen LogP contribution in [0.1, 0.15) is 64.0 Å². The fourth-order valence-electron chi connectivity index (χ4n) is 4.21. The van der Waals surface area contributed by atoms with Crippen LogP contribution in [-0.4, -0.2) is 47.4 Å². The molecule has 1 amide bonds. The van der Waals surface area contributed by atoms with E-state index in [2.05, 4.69) is 17.2 Å². The molecule has 0 spiro atoms. The molecule has 1 aliphatic carbocycles. The largest absolute Gasteiger partial charge is 0.469 e. The van der Waals surface area contributed by atoms with Gasteiger partial charge in [0.05, 0.1) is 18.7 Å². The lowest BCUT2D eigenvalue weighted by Crippen LogP contribution is -2.46. The zero-order valence-corrected chi connectivity index (χ0v) is 20.6. The zero-order valence-electron chi connectivity index (χ0n) is 19.8. The maximum atomic E-state index is 13.1. The summed E-state index contributed by atoms with van der Waals surface area (Å²) in [5.41, 5.74) is 0.883. The van der Waals surface area contributed by atoms with Crippen molar-refractivity contribution in [2.45, 2.75) is 70.7 Å². The highest BCUT2D eigenvalue weighted by Gasteiger charge is 2.49. The highest BCUT2D eigenvalue weighted by molar-refractivity contribution is 7.11. The van der Waals surface area contributed by atoms with Crippen molar-refractivity contribution in [1.29, 1.82) is 0 Å². The first kappa shape index (κ1) is 24.6. The molecule has 1 aromatic carbocycles. The molecule has 4 rings (SSSR count). The standard InChI is InChI=1S/C25H33N3O5S/c1-3-4-11-20(21(29)22-28(33-22)18(2)19-9-6-5-7-10-19)27-23(30)31-16-25(12-8-13-25)17-32-24-26-14-15-34-24/h5-7,9-10,14-15,18,20,22H,3-4,8,11-13,16-17H2,1-2H3,(H,27,30)/t18-,20+,22?,28?/m1/s1. The Balaban J connectivity index is 1.28. The minimum absolute atomic E-state index is 0.0507. The molecule has 0 bridgehead atoms. The average Bonchev–Trinajstić information content (AvgIpc) is 3.46. The highest BCUT2D eigenvalue weighted by atomic mass is 32.1. The molecule has 1 saturated heterocycles. The van der Waals surface area contributed by atoms with Gasteiger partial charge in [-0.15, -0.1) is 5.06 Å². The van der Waals surface area contributed by atoms with Crippen LogP contribution < -0.4 is 10.1 Å². The van der Waals surface area contributed by atoms with Crippen molar-refractivity contribution in [3.8, 4) is 5.19 Å². The molecule has 34 heavy (non-hydrogen) atoms. The van der Waals surface area contributed by atoms with Gasteiger partial charge in [0.15, 0.2) is 0 Å². The summed E-state index contributed by atoms with van der Waals surface area (Å²) in [6, 6.07) is 9.20. The van der Waals surface area contributed by atoms with E-state index in [0.29, 0.717) is 18.2 Å². The van der Waals surface area contributed by atoms with Gasteiger partial charge in [-0.1, -0.05) is 67.9 Å². The predicted molar refractivity (Wildman–Crippen MR) is 128 cm³/mol. The number of nitrogens with zero attached hydrogens (tertiary/aromatic N) is 2. The third kappa shape index (κ3) is 6.14. The number of thiazole rings is 1. The van der Waals surface area contributed by atoms with Crippen LogP contribution in [-0.2, 0) is 14.4 Å². The van der Waals surface area contributed by atoms with Crippen LogP contribution in [0.5, 0.6) is 5.19 Å². The normalized spacial score (nSPS) is 22.2. The van der Waals surface area contributed by atoms with E-state index in [1.807, 2.05) is 42.6 Å². The lowest BCUT2D eigenvalue weighted by Gasteiger charge is -2.40. The lowest BCUT2D eigenvalue weighted by molar-refractivity contribution is -0.122. The number of ketones is 1. The van der Waals surface area contributed by atoms with E-state index in [4.69, 9.17) is 14.3 Å². The molecule has 2 unspecified atom stereocenters. The summed E-state index contributed by atoms with van der Waals surface area (Å²) in [4.78, 5) is 35.5. The number of hydroxylamine groups is 2. The van der Waals surface area contributed by atoms with Gasteiger partial charge in [-0.2, -0.15) is 0 Å². The first-order chi connectivity index (χ1) is 16.5. The molecule has 1 aliphatic heterocycles. The average molecular weight is 488 g/mol. The summed E-state index contributed by atoms with van der Waals surface area (Å²) in [6.07, 6.45) is 5.74. The van der Waals surface area contributed by atoms with Gasteiger partial charge in [0.1, 0.15) is 6.61 Å². The quantitative estimate of drug-likeness (QED) is 0.403. The van der Waals surface area contributed by atoms with Gasteiger partial charge in [0, 0.05) is 17.0 Å². The number of Topliss-reactive ketones (excluding diaryl/α,β-unsaturated/α-hetero) is 1. The second kappa shape index (κ2) is 11.3. The molecule has 9 heteroatoms. The number of aromatic nitrogens is 1. The molecule has 4 atom stereocenters. The number of amides is 1. The Bertz CT molecular complexity index is 935. The zero-order chi connectivity index (χ0) is 24.0. The molecule has 1 N–H and O–H groups in total. The van der Waals surface area contributed by atoms with Gasteiger partial charge < -0.3 is 14.8 Å². The second-order valence-corrected chi connectivity index (χ2v) is 10.0. The number of hydrogen-bond donors (Lipinski definition) is 1. The maximum Gasteiger partial charge on any atom is 0.407 e. The minimum Gasteiger partial charge on any atom is -0.469 e. The van der Waals surface area contributed by atoms with Crippen molar-refractivity contribution in [2.75, 3.05) is 13.2 Å². The SMILES string of the molecule is CCCC[C@H](NC(=O)OCC1(COc2nccs2)CCC1)C(=O)C1ON1[C@H](C)c1ccccc1. The summed E-state index contributed by atoms with van der Waals surface area (Å²) in [5.74, 6) is -0.140. The molecule has 0 radical (unpaired) electrons. The number of rotatable bonds is 13. The number of alkyl carbamates (subject to hydrolysis) is 1. The summed E-state index contributed by atoms with van der Waals surface area (Å²) < 4.78 is 11.4. The van der Waals surface area contributed by atoms with Crippen molar-refractivity contribution >= 4 is 23.2 Å². The van der Waals surface area contributed by atoms with Crippen molar-refractivity contribution < 1.29 is 23.9 Å². The molecule has 2 fully saturated rings. The summed E-state index contributed by atoms with van der Waals surface area (Å²) >= 11 is 1.44. The van der Waals surface area contributed by atoms with Gasteiger partial charge in [-0.3, -0.25) is 9.63 Å². The van der Waals surface area contributed by atoms with Crippen molar-refractivity contribution in [3.05, 3.63) is 47.5 Å². The molecule has 2 aromatic rings. The van der Waals surface area contributed by atoms with Crippen LogP contribution in [0.15, 0.2) is 41.9 Å². The third-order valence-electron chi connectivity index (χ3n) is 6.63. The summed E-state index contributed by atoms with van der Waals surface area (Å²) in [5, 5.41) is 6.97. The van der Waals surface area contributed by atoms with Gasteiger partial charge in [0.2, 0.25) is 12.0 Å². The number of nitrogens with one attached hydrogen (secondary N) is 1. The smallest absolute Gasteiger partial charge is 0.407 e. The van der Waals surface area contributed by atoms with Gasteiger partial charge >= 0.3 is 6.09 Å². The fraction of sp³-hybridized carbons (Fsp3) is 0.560.